The van der Waals surface area contributed by atoms with Crippen LogP contribution in [-0.4, -0.2) is 54.0 Å². The molecule has 1 aromatic heterocycles. The molecule has 3 amide bonds. The lowest BCUT2D eigenvalue weighted by atomic mass is 10.2. The van der Waals surface area contributed by atoms with Gasteiger partial charge in [0.15, 0.2) is 0 Å². The van der Waals surface area contributed by atoms with Crippen LogP contribution in [0.4, 0.5) is 21.9 Å². The van der Waals surface area contributed by atoms with Crippen molar-refractivity contribution in [2.24, 2.45) is 0 Å². The molecular weight excluding hydrogens is 354 g/mol. The fraction of sp³-hybridized carbons (Fsp3) is 0.381. The molecule has 0 bridgehead atoms. The highest BCUT2D eigenvalue weighted by Crippen LogP contribution is 2.27. The molecule has 146 valence electrons. The fourth-order valence-electron chi connectivity index (χ4n) is 3.86. The summed E-state index contributed by atoms with van der Waals surface area (Å²) in [5, 5.41) is 2.96. The lowest BCUT2D eigenvalue weighted by molar-refractivity contribution is -0.117. The van der Waals surface area contributed by atoms with Crippen molar-refractivity contribution in [2.75, 3.05) is 41.3 Å². The average molecular weight is 379 g/mol. The number of piperazine rings is 1. The average Bonchev–Trinajstić information content (AvgIpc) is 3.07. The number of carbonyl (C=O) groups is 2. The maximum absolute atomic E-state index is 12.6. The summed E-state index contributed by atoms with van der Waals surface area (Å²) in [7, 11) is 0. The Labute approximate surface area is 164 Å². The van der Waals surface area contributed by atoms with Gasteiger partial charge in [-0.25, -0.2) is 4.79 Å². The Bertz CT molecular complexity index is 832. The van der Waals surface area contributed by atoms with Gasteiger partial charge >= 0.3 is 6.03 Å². The summed E-state index contributed by atoms with van der Waals surface area (Å²) in [5.74, 6) is 0.163. The molecule has 1 aromatic carbocycles. The van der Waals surface area contributed by atoms with Crippen LogP contribution in [0.25, 0.3) is 0 Å². The minimum atomic E-state index is -0.0901. The van der Waals surface area contributed by atoms with E-state index in [1.54, 1.807) is 12.4 Å². The summed E-state index contributed by atoms with van der Waals surface area (Å²) in [4.78, 5) is 34.6. The van der Waals surface area contributed by atoms with Gasteiger partial charge in [0, 0.05) is 68.1 Å². The van der Waals surface area contributed by atoms with E-state index in [9.17, 15) is 9.59 Å². The molecule has 3 heterocycles. The first-order valence-electron chi connectivity index (χ1n) is 9.75. The van der Waals surface area contributed by atoms with Crippen molar-refractivity contribution in [3.8, 4) is 0 Å². The highest BCUT2D eigenvalue weighted by Gasteiger charge is 2.28. The number of amides is 3. The van der Waals surface area contributed by atoms with Crippen LogP contribution in [0.15, 0.2) is 48.8 Å². The quantitative estimate of drug-likeness (QED) is 0.890. The lowest BCUT2D eigenvalue weighted by Gasteiger charge is -2.36. The number of hydrogen-bond donors (Lipinski definition) is 1. The Morgan fingerprint density at radius 2 is 1.68 bits per heavy atom. The molecule has 4 rings (SSSR count). The van der Waals surface area contributed by atoms with Gasteiger partial charge in [-0.3, -0.25) is 9.78 Å². The van der Waals surface area contributed by atoms with Gasteiger partial charge in [-0.15, -0.1) is 0 Å². The van der Waals surface area contributed by atoms with E-state index in [1.165, 1.54) is 0 Å². The van der Waals surface area contributed by atoms with Gasteiger partial charge in [0.1, 0.15) is 0 Å². The molecular formula is C21H25N5O2. The van der Waals surface area contributed by atoms with Crippen molar-refractivity contribution < 1.29 is 9.59 Å². The minimum Gasteiger partial charge on any atom is -0.368 e. The molecule has 1 atom stereocenters. The molecule has 2 fully saturated rings. The van der Waals surface area contributed by atoms with Crippen molar-refractivity contribution >= 4 is 29.0 Å². The summed E-state index contributed by atoms with van der Waals surface area (Å²) in [6, 6.07) is 11.6. The second-order valence-corrected chi connectivity index (χ2v) is 7.31. The van der Waals surface area contributed by atoms with Crippen LogP contribution in [0, 0.1) is 0 Å². The molecule has 0 spiro atoms. The van der Waals surface area contributed by atoms with Gasteiger partial charge in [0.2, 0.25) is 5.91 Å². The highest BCUT2D eigenvalue weighted by molar-refractivity contribution is 5.96. The Balaban J connectivity index is 1.32. The zero-order chi connectivity index (χ0) is 19.5. The van der Waals surface area contributed by atoms with Crippen molar-refractivity contribution in [2.45, 2.75) is 25.8 Å². The number of nitrogens with one attached hydrogen (secondary N) is 1. The summed E-state index contributed by atoms with van der Waals surface area (Å²) in [5.41, 5.74) is 2.76. The van der Waals surface area contributed by atoms with Gasteiger partial charge in [-0.1, -0.05) is 0 Å². The molecule has 7 heteroatoms. The number of pyridine rings is 1. The van der Waals surface area contributed by atoms with Crippen LogP contribution in [0.5, 0.6) is 0 Å². The fourth-order valence-corrected chi connectivity index (χ4v) is 3.86. The Kier molecular flexibility index (Phi) is 5.14. The number of urea groups is 1. The van der Waals surface area contributed by atoms with E-state index in [0.717, 1.165) is 36.6 Å². The smallest absolute Gasteiger partial charge is 0.321 e. The predicted octanol–water partition coefficient (Wildman–Crippen LogP) is 2.95. The third-order valence-corrected chi connectivity index (χ3v) is 5.48. The summed E-state index contributed by atoms with van der Waals surface area (Å²) >= 11 is 0. The summed E-state index contributed by atoms with van der Waals surface area (Å²) in [6.07, 6.45) is 5.07. The van der Waals surface area contributed by atoms with E-state index >= 15 is 0 Å². The van der Waals surface area contributed by atoms with Crippen LogP contribution in [0.3, 0.4) is 0 Å². The Morgan fingerprint density at radius 1 is 1.00 bits per heavy atom. The van der Waals surface area contributed by atoms with Crippen LogP contribution in [0.1, 0.15) is 19.8 Å². The highest BCUT2D eigenvalue weighted by atomic mass is 16.2. The third-order valence-electron chi connectivity index (χ3n) is 5.48. The van der Waals surface area contributed by atoms with Crippen molar-refractivity contribution in [3.05, 3.63) is 48.8 Å². The van der Waals surface area contributed by atoms with Gasteiger partial charge in [-0.2, -0.15) is 0 Å². The molecule has 0 unspecified atom stereocenters. The largest absolute Gasteiger partial charge is 0.368 e. The standard InChI is InChI=1S/C21H25N5O2/c1-16-2-7-20(27)26(16)19-5-3-17(4-6-19)23-21(28)25-14-12-24(13-15-25)18-8-10-22-11-9-18/h3-6,8-11,16H,2,7,12-15H2,1H3,(H,23,28)/t16-/m1/s1. The van der Waals surface area contributed by atoms with Crippen LogP contribution < -0.4 is 15.1 Å². The number of nitrogens with zero attached hydrogens (tertiary/aromatic N) is 4. The van der Waals surface area contributed by atoms with E-state index in [-0.39, 0.29) is 18.0 Å². The second kappa shape index (κ2) is 7.88. The number of carbonyl (C=O) groups excluding carboxylic acids is 2. The van der Waals surface area contributed by atoms with E-state index in [1.807, 2.05) is 46.2 Å². The zero-order valence-electron chi connectivity index (χ0n) is 16.0. The Hall–Kier alpha value is -3.09. The number of hydrogen-bond acceptors (Lipinski definition) is 4. The van der Waals surface area contributed by atoms with Crippen LogP contribution in [-0.2, 0) is 4.79 Å². The maximum Gasteiger partial charge on any atom is 0.321 e. The molecule has 0 radical (unpaired) electrons. The van der Waals surface area contributed by atoms with Crippen molar-refractivity contribution in [3.63, 3.8) is 0 Å². The predicted molar refractivity (Wildman–Crippen MR) is 110 cm³/mol. The van der Waals surface area contributed by atoms with E-state index in [4.69, 9.17) is 0 Å². The van der Waals surface area contributed by atoms with Crippen LogP contribution in [0.2, 0.25) is 0 Å². The van der Waals surface area contributed by atoms with E-state index < -0.39 is 0 Å². The third kappa shape index (κ3) is 3.78. The summed E-state index contributed by atoms with van der Waals surface area (Å²) in [6.45, 7) is 5.00. The first-order valence-corrected chi connectivity index (χ1v) is 9.75. The van der Waals surface area contributed by atoms with Crippen molar-refractivity contribution in [1.29, 1.82) is 0 Å². The monoisotopic (exact) mass is 379 g/mol. The van der Waals surface area contributed by atoms with E-state index in [2.05, 4.69) is 22.1 Å². The van der Waals surface area contributed by atoms with Gasteiger partial charge in [-0.05, 0) is 49.7 Å². The molecule has 7 nitrogen and oxygen atoms in total. The van der Waals surface area contributed by atoms with Gasteiger partial charge in [0.05, 0.1) is 0 Å². The maximum atomic E-state index is 12.6. The molecule has 2 aliphatic heterocycles. The number of benzene rings is 1. The molecule has 28 heavy (non-hydrogen) atoms. The SMILES string of the molecule is C[C@@H]1CCC(=O)N1c1ccc(NC(=O)N2CCN(c3ccncc3)CC2)cc1. The van der Waals surface area contributed by atoms with Crippen molar-refractivity contribution in [1.82, 2.24) is 9.88 Å². The Morgan fingerprint density at radius 3 is 2.29 bits per heavy atom. The normalized spacial score (nSPS) is 19.8. The first kappa shape index (κ1) is 18.3. The number of rotatable bonds is 3. The molecule has 2 aromatic rings. The zero-order valence-corrected chi connectivity index (χ0v) is 16.0. The van der Waals surface area contributed by atoms with E-state index in [0.29, 0.717) is 19.5 Å². The lowest BCUT2D eigenvalue weighted by Crippen LogP contribution is -2.50. The molecule has 0 saturated carbocycles. The minimum absolute atomic E-state index is 0.0901. The number of anilines is 3. The number of aromatic nitrogens is 1. The molecule has 2 aliphatic rings. The second-order valence-electron chi connectivity index (χ2n) is 7.31. The molecule has 0 aliphatic carbocycles. The van der Waals surface area contributed by atoms with Gasteiger partial charge < -0.3 is 20.0 Å². The topological polar surface area (TPSA) is 68.8 Å². The van der Waals surface area contributed by atoms with Gasteiger partial charge in [0.25, 0.3) is 0 Å². The van der Waals surface area contributed by atoms with Crippen LogP contribution >= 0.6 is 0 Å². The summed E-state index contributed by atoms with van der Waals surface area (Å²) < 4.78 is 0. The molecule has 1 N–H and O–H groups in total. The first-order chi connectivity index (χ1) is 13.6. The molecule has 2 saturated heterocycles.